The Morgan fingerprint density at radius 2 is 2.17 bits per heavy atom. The molecule has 0 bridgehead atoms. The molecule has 3 rings (SSSR count). The fraction of sp³-hybridized carbons (Fsp3) is 0.333. The quantitative estimate of drug-likeness (QED) is 0.748. The van der Waals surface area contributed by atoms with Gasteiger partial charge in [0.15, 0.2) is 0 Å². The van der Waals surface area contributed by atoms with Gasteiger partial charge >= 0.3 is 5.97 Å². The van der Waals surface area contributed by atoms with Crippen LogP contribution < -0.4 is 0 Å². The lowest BCUT2D eigenvalue weighted by Crippen LogP contribution is -2.32. The molecule has 2 aromatic rings. The third-order valence-corrected chi connectivity index (χ3v) is 5.44. The number of methoxy groups -OCH3 is 1. The van der Waals surface area contributed by atoms with E-state index >= 15 is 0 Å². The Morgan fingerprint density at radius 3 is 2.78 bits per heavy atom. The molecular weight excluding hydrogens is 320 g/mol. The maximum Gasteiger partial charge on any atom is 0.373 e. The molecule has 0 atom stereocenters. The molecule has 0 aromatic carbocycles. The summed E-state index contributed by atoms with van der Waals surface area (Å²) in [6, 6.07) is 6.11. The van der Waals surface area contributed by atoms with Gasteiger partial charge < -0.3 is 9.15 Å². The van der Waals surface area contributed by atoms with E-state index in [1.807, 2.05) is 0 Å². The van der Waals surface area contributed by atoms with Crippen molar-refractivity contribution in [2.45, 2.75) is 30.3 Å². The number of hydrogen-bond donors (Lipinski definition) is 0. The molecule has 0 saturated heterocycles. The number of sulfonamides is 1. The minimum absolute atomic E-state index is 0.0492. The van der Waals surface area contributed by atoms with E-state index < -0.39 is 16.0 Å². The Morgan fingerprint density at radius 1 is 1.39 bits per heavy atom. The second-order valence-electron chi connectivity index (χ2n) is 5.23. The second kappa shape index (κ2) is 6.13. The van der Waals surface area contributed by atoms with E-state index in [4.69, 9.17) is 4.42 Å². The van der Waals surface area contributed by atoms with Crippen molar-refractivity contribution in [2.24, 2.45) is 0 Å². The van der Waals surface area contributed by atoms with Crippen molar-refractivity contribution in [3.8, 4) is 0 Å². The highest BCUT2D eigenvalue weighted by molar-refractivity contribution is 7.89. The molecule has 1 fully saturated rings. The van der Waals surface area contributed by atoms with Gasteiger partial charge in [0.25, 0.3) is 0 Å². The molecular formula is C15H16N2O5S. The standard InChI is InChI=1S/C15H16N2O5S/c1-21-15(18)14-7-6-12(22-14)10-17(11-4-5-11)23(19,20)13-3-2-8-16-9-13/h2-3,6-9,11H,4-5,10H2,1H3. The number of aromatic nitrogens is 1. The van der Waals surface area contributed by atoms with Crippen LogP contribution in [-0.4, -0.2) is 36.8 Å². The van der Waals surface area contributed by atoms with Gasteiger partial charge in [0, 0.05) is 18.4 Å². The number of carbonyl (C=O) groups is 1. The normalized spacial score (nSPS) is 14.9. The van der Waals surface area contributed by atoms with Crippen LogP contribution in [0.15, 0.2) is 46.0 Å². The van der Waals surface area contributed by atoms with Gasteiger partial charge in [0.05, 0.1) is 13.7 Å². The van der Waals surface area contributed by atoms with E-state index in [2.05, 4.69) is 9.72 Å². The largest absolute Gasteiger partial charge is 0.463 e. The topological polar surface area (TPSA) is 89.7 Å². The maximum atomic E-state index is 12.8. The summed E-state index contributed by atoms with van der Waals surface area (Å²) in [5.41, 5.74) is 0. The Kier molecular flexibility index (Phi) is 4.18. The van der Waals surface area contributed by atoms with Gasteiger partial charge in [-0.3, -0.25) is 4.98 Å². The van der Waals surface area contributed by atoms with Crippen molar-refractivity contribution in [1.29, 1.82) is 0 Å². The third-order valence-electron chi connectivity index (χ3n) is 3.56. The number of hydrogen-bond acceptors (Lipinski definition) is 6. The highest BCUT2D eigenvalue weighted by Crippen LogP contribution is 2.33. The average molecular weight is 336 g/mol. The van der Waals surface area contributed by atoms with Crippen molar-refractivity contribution < 1.29 is 22.4 Å². The summed E-state index contributed by atoms with van der Waals surface area (Å²) in [5.74, 6) is -0.147. The fourth-order valence-corrected chi connectivity index (χ4v) is 3.85. The van der Waals surface area contributed by atoms with Crippen LogP contribution in [0.2, 0.25) is 0 Å². The number of nitrogens with zero attached hydrogens (tertiary/aromatic N) is 2. The average Bonchev–Trinajstić information content (AvgIpc) is 3.30. The smallest absolute Gasteiger partial charge is 0.373 e. The summed E-state index contributed by atoms with van der Waals surface area (Å²) in [6.07, 6.45) is 4.47. The molecule has 1 saturated carbocycles. The van der Waals surface area contributed by atoms with Crippen molar-refractivity contribution in [1.82, 2.24) is 9.29 Å². The second-order valence-corrected chi connectivity index (χ2v) is 7.12. The van der Waals surface area contributed by atoms with Crippen LogP contribution in [0.1, 0.15) is 29.2 Å². The highest BCUT2D eigenvalue weighted by atomic mass is 32.2. The molecule has 1 aliphatic carbocycles. The van der Waals surface area contributed by atoms with E-state index in [9.17, 15) is 13.2 Å². The Labute approximate surface area is 133 Å². The number of pyridine rings is 1. The molecule has 0 unspecified atom stereocenters. The van der Waals surface area contributed by atoms with Crippen LogP contribution in [0.4, 0.5) is 0 Å². The van der Waals surface area contributed by atoms with Crippen molar-refractivity contribution in [3.05, 3.63) is 48.2 Å². The van der Waals surface area contributed by atoms with Crippen LogP contribution in [0.3, 0.4) is 0 Å². The zero-order valence-corrected chi connectivity index (χ0v) is 13.3. The molecule has 8 heteroatoms. The van der Waals surface area contributed by atoms with Crippen LogP contribution in [-0.2, 0) is 21.3 Å². The Balaban J connectivity index is 1.86. The summed E-state index contributed by atoms with van der Waals surface area (Å²) in [5, 5.41) is 0. The SMILES string of the molecule is COC(=O)c1ccc(CN(C2CC2)S(=O)(=O)c2cccnc2)o1. The summed E-state index contributed by atoms with van der Waals surface area (Å²) in [4.78, 5) is 15.4. The molecule has 2 aromatic heterocycles. The van der Waals surface area contributed by atoms with Gasteiger partial charge in [-0.2, -0.15) is 4.31 Å². The summed E-state index contributed by atoms with van der Waals surface area (Å²) in [6.45, 7) is 0.0683. The molecule has 7 nitrogen and oxygen atoms in total. The van der Waals surface area contributed by atoms with E-state index in [0.717, 1.165) is 12.8 Å². The number of esters is 1. The number of carbonyl (C=O) groups excluding carboxylic acids is 1. The maximum absolute atomic E-state index is 12.8. The first-order valence-electron chi connectivity index (χ1n) is 7.11. The van der Waals surface area contributed by atoms with Gasteiger partial charge in [0.2, 0.25) is 15.8 Å². The molecule has 122 valence electrons. The zero-order valence-electron chi connectivity index (χ0n) is 12.5. The van der Waals surface area contributed by atoms with E-state index in [-0.39, 0.29) is 23.2 Å². The first kappa shape index (κ1) is 15.7. The number of ether oxygens (including phenoxy) is 1. The zero-order chi connectivity index (χ0) is 16.4. The fourth-order valence-electron chi connectivity index (χ4n) is 2.23. The van der Waals surface area contributed by atoms with Gasteiger partial charge in [-0.05, 0) is 37.1 Å². The lowest BCUT2D eigenvalue weighted by Gasteiger charge is -2.20. The first-order valence-corrected chi connectivity index (χ1v) is 8.55. The van der Waals surface area contributed by atoms with Gasteiger partial charge in [-0.1, -0.05) is 0 Å². The van der Waals surface area contributed by atoms with Crippen molar-refractivity contribution >= 4 is 16.0 Å². The molecule has 0 radical (unpaired) electrons. The van der Waals surface area contributed by atoms with E-state index in [1.54, 1.807) is 12.1 Å². The number of rotatable bonds is 6. The van der Waals surface area contributed by atoms with Crippen LogP contribution in [0.5, 0.6) is 0 Å². The molecule has 23 heavy (non-hydrogen) atoms. The minimum atomic E-state index is -3.66. The molecule has 0 spiro atoms. The third kappa shape index (κ3) is 3.27. The van der Waals surface area contributed by atoms with Gasteiger partial charge in [-0.15, -0.1) is 0 Å². The van der Waals surface area contributed by atoms with Crippen molar-refractivity contribution in [3.63, 3.8) is 0 Å². The monoisotopic (exact) mass is 336 g/mol. The van der Waals surface area contributed by atoms with Gasteiger partial charge in [0.1, 0.15) is 10.7 Å². The van der Waals surface area contributed by atoms with Crippen LogP contribution >= 0.6 is 0 Å². The van der Waals surface area contributed by atoms with Crippen molar-refractivity contribution in [2.75, 3.05) is 7.11 Å². The predicted octanol–water partition coefficient (Wildman–Crippen LogP) is 1.81. The van der Waals surface area contributed by atoms with Crippen LogP contribution in [0, 0.1) is 0 Å². The Hall–Kier alpha value is -2.19. The van der Waals surface area contributed by atoms with E-state index in [1.165, 1.54) is 35.9 Å². The number of furan rings is 1. The lowest BCUT2D eigenvalue weighted by molar-refractivity contribution is 0.0562. The first-order chi connectivity index (χ1) is 11.0. The summed E-state index contributed by atoms with van der Waals surface area (Å²) >= 11 is 0. The molecule has 2 heterocycles. The molecule has 0 aliphatic heterocycles. The molecule has 1 aliphatic rings. The van der Waals surface area contributed by atoms with Gasteiger partial charge in [-0.25, -0.2) is 13.2 Å². The Bertz CT molecular complexity index is 796. The predicted molar refractivity (Wildman–Crippen MR) is 80.0 cm³/mol. The highest BCUT2D eigenvalue weighted by Gasteiger charge is 2.38. The minimum Gasteiger partial charge on any atom is -0.463 e. The summed E-state index contributed by atoms with van der Waals surface area (Å²) in [7, 11) is -2.40. The van der Waals surface area contributed by atoms with E-state index in [0.29, 0.717) is 5.76 Å². The van der Waals surface area contributed by atoms with Crippen LogP contribution in [0.25, 0.3) is 0 Å². The lowest BCUT2D eigenvalue weighted by atomic mass is 10.4. The molecule has 0 amide bonds. The molecule has 0 N–H and O–H groups in total. The summed E-state index contributed by atoms with van der Waals surface area (Å²) < 4.78 is 36.9.